The average molecular weight is 280 g/mol. The van der Waals surface area contributed by atoms with Crippen LogP contribution in [0, 0.1) is 11.7 Å². The lowest BCUT2D eigenvalue weighted by atomic mass is 9.96. The maximum Gasteiger partial charge on any atom is 0.127 e. The van der Waals surface area contributed by atoms with Gasteiger partial charge in [-0.05, 0) is 51.4 Å². The van der Waals surface area contributed by atoms with Crippen LogP contribution in [0.2, 0.25) is 0 Å². The van der Waals surface area contributed by atoms with Crippen molar-refractivity contribution < 1.29 is 9.50 Å². The van der Waals surface area contributed by atoms with Crippen molar-refractivity contribution in [1.29, 1.82) is 0 Å². The van der Waals surface area contributed by atoms with Crippen LogP contribution in [0.5, 0.6) is 0 Å². The highest BCUT2D eigenvalue weighted by atomic mass is 19.1. The standard InChI is InChI=1S/C16H25FN2O/c1-13(20)12-19-8-6-14(7-9-19)10-18-11-15-4-2-3-5-16(15)17/h2-5,13-14,18,20H,6-12H2,1H3. The van der Waals surface area contributed by atoms with E-state index in [0.717, 1.165) is 44.6 Å². The van der Waals surface area contributed by atoms with Gasteiger partial charge in [0, 0.05) is 18.7 Å². The number of hydrogen-bond donors (Lipinski definition) is 2. The van der Waals surface area contributed by atoms with Crippen molar-refractivity contribution in [2.75, 3.05) is 26.2 Å². The number of benzene rings is 1. The molecule has 1 saturated heterocycles. The largest absolute Gasteiger partial charge is 0.392 e. The highest BCUT2D eigenvalue weighted by Gasteiger charge is 2.19. The highest BCUT2D eigenvalue weighted by Crippen LogP contribution is 2.16. The summed E-state index contributed by atoms with van der Waals surface area (Å²) in [6, 6.07) is 6.92. The Morgan fingerprint density at radius 1 is 1.35 bits per heavy atom. The molecule has 2 rings (SSSR count). The maximum absolute atomic E-state index is 13.5. The van der Waals surface area contributed by atoms with Gasteiger partial charge in [0.1, 0.15) is 5.82 Å². The molecule has 0 bridgehead atoms. The molecule has 1 aromatic rings. The molecule has 1 aromatic carbocycles. The van der Waals surface area contributed by atoms with Crippen LogP contribution in [0.1, 0.15) is 25.3 Å². The number of likely N-dealkylation sites (tertiary alicyclic amines) is 1. The molecule has 4 heteroatoms. The molecular weight excluding hydrogens is 255 g/mol. The first-order valence-corrected chi connectivity index (χ1v) is 7.49. The molecule has 0 amide bonds. The van der Waals surface area contributed by atoms with E-state index in [4.69, 9.17) is 0 Å². The third-order valence-corrected chi connectivity index (χ3v) is 3.94. The van der Waals surface area contributed by atoms with E-state index in [-0.39, 0.29) is 11.9 Å². The molecule has 20 heavy (non-hydrogen) atoms. The molecular formula is C16H25FN2O. The first-order valence-electron chi connectivity index (χ1n) is 7.49. The van der Waals surface area contributed by atoms with Crippen LogP contribution in [0.15, 0.2) is 24.3 Å². The summed E-state index contributed by atoms with van der Waals surface area (Å²) in [5.41, 5.74) is 0.735. The molecule has 1 fully saturated rings. The van der Waals surface area contributed by atoms with Crippen LogP contribution >= 0.6 is 0 Å². The quantitative estimate of drug-likeness (QED) is 0.837. The van der Waals surface area contributed by atoms with Crippen molar-refractivity contribution >= 4 is 0 Å². The summed E-state index contributed by atoms with van der Waals surface area (Å²) in [4.78, 5) is 2.32. The maximum atomic E-state index is 13.5. The van der Waals surface area contributed by atoms with Crippen LogP contribution in [-0.4, -0.2) is 42.3 Å². The second-order valence-corrected chi connectivity index (χ2v) is 5.82. The Morgan fingerprint density at radius 2 is 2.05 bits per heavy atom. The van der Waals surface area contributed by atoms with E-state index in [1.807, 2.05) is 19.1 Å². The number of hydrogen-bond acceptors (Lipinski definition) is 3. The van der Waals surface area contributed by atoms with E-state index < -0.39 is 0 Å². The highest BCUT2D eigenvalue weighted by molar-refractivity contribution is 5.16. The molecule has 0 spiro atoms. The summed E-state index contributed by atoms with van der Waals surface area (Å²) in [5, 5.41) is 12.7. The summed E-state index contributed by atoms with van der Waals surface area (Å²) < 4.78 is 13.5. The van der Waals surface area contributed by atoms with Crippen molar-refractivity contribution in [3.8, 4) is 0 Å². The molecule has 1 unspecified atom stereocenters. The minimum absolute atomic E-state index is 0.133. The molecule has 1 aliphatic heterocycles. The Balaban J connectivity index is 1.65. The molecule has 3 nitrogen and oxygen atoms in total. The first-order chi connectivity index (χ1) is 9.65. The molecule has 1 heterocycles. The predicted molar refractivity (Wildman–Crippen MR) is 79.0 cm³/mol. The van der Waals surface area contributed by atoms with Crippen LogP contribution in [0.3, 0.4) is 0 Å². The van der Waals surface area contributed by atoms with Crippen molar-refractivity contribution in [3.05, 3.63) is 35.6 Å². The van der Waals surface area contributed by atoms with Gasteiger partial charge in [-0.15, -0.1) is 0 Å². The van der Waals surface area contributed by atoms with Gasteiger partial charge in [0.25, 0.3) is 0 Å². The second-order valence-electron chi connectivity index (χ2n) is 5.82. The lowest BCUT2D eigenvalue weighted by molar-refractivity contribution is 0.0998. The van der Waals surface area contributed by atoms with Crippen molar-refractivity contribution in [2.45, 2.75) is 32.4 Å². The molecule has 0 aromatic heterocycles. The van der Waals surface area contributed by atoms with Crippen LogP contribution < -0.4 is 5.32 Å². The predicted octanol–water partition coefficient (Wildman–Crippen LogP) is 2.01. The van der Waals surface area contributed by atoms with Crippen molar-refractivity contribution in [1.82, 2.24) is 10.2 Å². The van der Waals surface area contributed by atoms with E-state index in [1.54, 1.807) is 6.07 Å². The third-order valence-electron chi connectivity index (χ3n) is 3.94. The molecule has 1 aliphatic rings. The van der Waals surface area contributed by atoms with Crippen LogP contribution in [-0.2, 0) is 6.54 Å². The smallest absolute Gasteiger partial charge is 0.127 e. The number of rotatable bonds is 6. The minimum atomic E-state index is -0.245. The van der Waals surface area contributed by atoms with Crippen LogP contribution in [0.4, 0.5) is 4.39 Å². The average Bonchev–Trinajstić information content (AvgIpc) is 2.42. The van der Waals surface area contributed by atoms with E-state index in [9.17, 15) is 9.50 Å². The number of nitrogens with one attached hydrogen (secondary N) is 1. The molecule has 0 radical (unpaired) electrons. The number of halogens is 1. The number of nitrogens with zero attached hydrogens (tertiary/aromatic N) is 1. The van der Waals surface area contributed by atoms with Gasteiger partial charge in [-0.3, -0.25) is 0 Å². The Labute approximate surface area is 120 Å². The zero-order valence-electron chi connectivity index (χ0n) is 12.2. The van der Waals surface area contributed by atoms with Gasteiger partial charge in [0.2, 0.25) is 0 Å². The Hall–Kier alpha value is -0.970. The fourth-order valence-electron chi connectivity index (χ4n) is 2.80. The molecule has 1 atom stereocenters. The minimum Gasteiger partial charge on any atom is -0.392 e. The van der Waals surface area contributed by atoms with Gasteiger partial charge in [-0.2, -0.15) is 0 Å². The molecule has 112 valence electrons. The van der Waals surface area contributed by atoms with Crippen molar-refractivity contribution in [2.24, 2.45) is 5.92 Å². The van der Waals surface area contributed by atoms with E-state index in [0.29, 0.717) is 12.5 Å². The number of β-amino-alcohol motifs (C(OH)–C–C–N with tert-alkyl or cyclic N) is 1. The van der Waals surface area contributed by atoms with Crippen LogP contribution in [0.25, 0.3) is 0 Å². The number of piperidine rings is 1. The Morgan fingerprint density at radius 3 is 2.70 bits per heavy atom. The summed E-state index contributed by atoms with van der Waals surface area (Å²) in [7, 11) is 0. The Kier molecular flexibility index (Phi) is 5.95. The number of aliphatic hydroxyl groups excluding tert-OH is 1. The summed E-state index contributed by atoms with van der Waals surface area (Å²) >= 11 is 0. The van der Waals surface area contributed by atoms with Gasteiger partial charge in [0.15, 0.2) is 0 Å². The monoisotopic (exact) mass is 280 g/mol. The summed E-state index contributed by atoms with van der Waals surface area (Å²) in [6.07, 6.45) is 2.05. The number of aliphatic hydroxyl groups is 1. The fraction of sp³-hybridized carbons (Fsp3) is 0.625. The molecule has 2 N–H and O–H groups in total. The van der Waals surface area contributed by atoms with Gasteiger partial charge in [-0.1, -0.05) is 18.2 Å². The van der Waals surface area contributed by atoms with E-state index >= 15 is 0 Å². The Bertz CT molecular complexity index is 403. The zero-order chi connectivity index (χ0) is 14.4. The van der Waals surface area contributed by atoms with Gasteiger partial charge < -0.3 is 15.3 Å². The summed E-state index contributed by atoms with van der Waals surface area (Å²) in [6.45, 7) is 6.25. The van der Waals surface area contributed by atoms with Gasteiger partial charge in [0.05, 0.1) is 6.10 Å². The van der Waals surface area contributed by atoms with Crippen molar-refractivity contribution in [3.63, 3.8) is 0 Å². The normalized spacial score (nSPS) is 19.1. The fourth-order valence-corrected chi connectivity index (χ4v) is 2.80. The SMILES string of the molecule is CC(O)CN1CCC(CNCc2ccccc2F)CC1. The summed E-state index contributed by atoms with van der Waals surface area (Å²) in [5.74, 6) is 0.527. The first kappa shape index (κ1) is 15.4. The van der Waals surface area contributed by atoms with Gasteiger partial charge >= 0.3 is 0 Å². The molecule has 0 saturated carbocycles. The second kappa shape index (κ2) is 7.72. The third kappa shape index (κ3) is 4.85. The molecule has 0 aliphatic carbocycles. The van der Waals surface area contributed by atoms with E-state index in [2.05, 4.69) is 10.2 Å². The topological polar surface area (TPSA) is 35.5 Å². The van der Waals surface area contributed by atoms with E-state index in [1.165, 1.54) is 6.07 Å². The zero-order valence-corrected chi connectivity index (χ0v) is 12.2. The lowest BCUT2D eigenvalue weighted by Crippen LogP contribution is -2.40. The van der Waals surface area contributed by atoms with Gasteiger partial charge in [-0.25, -0.2) is 4.39 Å². The lowest BCUT2D eigenvalue weighted by Gasteiger charge is -2.32.